The van der Waals surface area contributed by atoms with E-state index in [0.29, 0.717) is 17.8 Å². The van der Waals surface area contributed by atoms with Crippen molar-refractivity contribution in [3.63, 3.8) is 0 Å². The van der Waals surface area contributed by atoms with Crippen LogP contribution in [-0.2, 0) is 32.0 Å². The standard InChI is InChI=1S/C40H45N5O8/c1-27-36(25-43-19-21-44(22-20-43)33-15-17-34(18-16-33)45(49)50)52-39(53-37(27)30-13-11-29(26-46)12-14-30)31-9-6-10-32(24-31)41-40(48)42-35(38(47)51-2)23-28-7-4-3-5-8-28/h3-18,24,27,35-37,39,46H,19-23,25-26H2,1-2H3,(H2,41,42,48). The van der Waals surface area contributed by atoms with Gasteiger partial charge in [-0.15, -0.1) is 0 Å². The molecule has 2 aliphatic heterocycles. The Hall–Kier alpha value is -5.34. The number of ether oxygens (including phenoxy) is 3. The molecule has 4 aromatic carbocycles. The summed E-state index contributed by atoms with van der Waals surface area (Å²) in [4.78, 5) is 41.0. The summed E-state index contributed by atoms with van der Waals surface area (Å²) in [6.45, 7) is 5.84. The smallest absolute Gasteiger partial charge is 0.328 e. The highest BCUT2D eigenvalue weighted by Crippen LogP contribution is 2.42. The van der Waals surface area contributed by atoms with Gasteiger partial charge in [-0.1, -0.05) is 73.7 Å². The van der Waals surface area contributed by atoms with Crippen LogP contribution in [-0.4, -0.2) is 78.9 Å². The van der Waals surface area contributed by atoms with Crippen LogP contribution in [0.3, 0.4) is 0 Å². The van der Waals surface area contributed by atoms with E-state index in [1.165, 1.54) is 19.2 Å². The molecule has 2 heterocycles. The van der Waals surface area contributed by atoms with Gasteiger partial charge in [0.2, 0.25) is 0 Å². The average molecular weight is 724 g/mol. The van der Waals surface area contributed by atoms with Crippen molar-refractivity contribution in [1.82, 2.24) is 10.2 Å². The van der Waals surface area contributed by atoms with E-state index in [2.05, 4.69) is 27.4 Å². The van der Waals surface area contributed by atoms with Crippen molar-refractivity contribution in [2.24, 2.45) is 5.92 Å². The molecule has 4 aromatic rings. The van der Waals surface area contributed by atoms with Crippen LogP contribution >= 0.6 is 0 Å². The molecule has 0 aromatic heterocycles. The number of nitro groups is 1. The van der Waals surface area contributed by atoms with E-state index in [1.54, 1.807) is 24.3 Å². The number of anilines is 2. The van der Waals surface area contributed by atoms with E-state index in [9.17, 15) is 24.8 Å². The maximum absolute atomic E-state index is 13.1. The Morgan fingerprint density at radius 2 is 1.62 bits per heavy atom. The summed E-state index contributed by atoms with van der Waals surface area (Å²) in [6, 6.07) is 29.6. The topological polar surface area (TPSA) is 156 Å². The minimum Gasteiger partial charge on any atom is -0.467 e. The molecule has 13 nitrogen and oxygen atoms in total. The van der Waals surface area contributed by atoms with Crippen molar-refractivity contribution >= 4 is 29.1 Å². The first-order valence-electron chi connectivity index (χ1n) is 17.7. The number of urea groups is 1. The summed E-state index contributed by atoms with van der Waals surface area (Å²) in [5.74, 6) is -0.571. The fourth-order valence-corrected chi connectivity index (χ4v) is 6.83. The first kappa shape index (κ1) is 37.4. The van der Waals surface area contributed by atoms with Crippen molar-refractivity contribution in [3.8, 4) is 0 Å². The number of benzene rings is 4. The molecule has 6 rings (SSSR count). The van der Waals surface area contributed by atoms with Gasteiger partial charge in [0.1, 0.15) is 6.04 Å². The van der Waals surface area contributed by atoms with Crippen molar-refractivity contribution in [1.29, 1.82) is 0 Å². The van der Waals surface area contributed by atoms with Gasteiger partial charge in [-0.2, -0.15) is 0 Å². The second-order valence-corrected chi connectivity index (χ2v) is 13.4. The summed E-state index contributed by atoms with van der Waals surface area (Å²) < 4.78 is 18.3. The van der Waals surface area contributed by atoms with Gasteiger partial charge in [-0.3, -0.25) is 15.0 Å². The number of methoxy groups -OCH3 is 1. The lowest BCUT2D eigenvalue weighted by atomic mass is 9.90. The summed E-state index contributed by atoms with van der Waals surface area (Å²) in [6.07, 6.45) is -0.991. The minimum atomic E-state index is -0.883. The maximum Gasteiger partial charge on any atom is 0.328 e. The van der Waals surface area contributed by atoms with Gasteiger partial charge in [0.15, 0.2) is 6.29 Å². The lowest BCUT2D eigenvalue weighted by molar-refractivity contribution is -0.384. The molecule has 0 saturated carbocycles. The first-order valence-corrected chi connectivity index (χ1v) is 17.7. The van der Waals surface area contributed by atoms with E-state index in [1.807, 2.05) is 66.7 Å². The van der Waals surface area contributed by atoms with Crippen LogP contribution in [0.5, 0.6) is 0 Å². The number of nitro benzene ring substituents is 1. The van der Waals surface area contributed by atoms with Gasteiger partial charge in [-0.25, -0.2) is 9.59 Å². The number of nitrogens with zero attached hydrogens (tertiary/aromatic N) is 3. The molecule has 5 atom stereocenters. The molecule has 3 N–H and O–H groups in total. The van der Waals surface area contributed by atoms with E-state index < -0.39 is 29.3 Å². The Morgan fingerprint density at radius 3 is 2.28 bits per heavy atom. The lowest BCUT2D eigenvalue weighted by Crippen LogP contribution is -2.51. The zero-order chi connectivity index (χ0) is 37.3. The van der Waals surface area contributed by atoms with Crippen molar-refractivity contribution in [2.45, 2.75) is 44.5 Å². The SMILES string of the molecule is COC(=O)C(Cc1ccccc1)NC(=O)Nc1cccc(C2OC(CN3CCN(c4ccc([N+](=O)[O-])cc4)CC3)C(C)C(c3ccc(CO)cc3)O2)c1. The number of aliphatic hydroxyl groups excluding tert-OH is 1. The average Bonchev–Trinajstić information content (AvgIpc) is 3.19. The summed E-state index contributed by atoms with van der Waals surface area (Å²) in [7, 11) is 1.29. The molecule has 0 bridgehead atoms. The number of hydrogen-bond acceptors (Lipinski definition) is 10. The molecule has 2 saturated heterocycles. The highest BCUT2D eigenvalue weighted by atomic mass is 16.7. The number of piperazine rings is 1. The molecule has 0 aliphatic carbocycles. The van der Waals surface area contributed by atoms with Gasteiger partial charge >= 0.3 is 12.0 Å². The van der Waals surface area contributed by atoms with Crippen LogP contribution in [0.2, 0.25) is 0 Å². The summed E-state index contributed by atoms with van der Waals surface area (Å²) in [5, 5.41) is 26.3. The summed E-state index contributed by atoms with van der Waals surface area (Å²) >= 11 is 0. The number of amides is 2. The number of hydrogen-bond donors (Lipinski definition) is 3. The third-order valence-electron chi connectivity index (χ3n) is 9.85. The Balaban J connectivity index is 1.15. The van der Waals surface area contributed by atoms with Gasteiger partial charge in [0, 0.05) is 74.1 Å². The van der Waals surface area contributed by atoms with Crippen molar-refractivity contribution in [2.75, 3.05) is 50.1 Å². The normalized spacial score (nSPS) is 21.0. The molecular formula is C40H45N5O8. The number of nitrogens with one attached hydrogen (secondary N) is 2. The molecule has 0 spiro atoms. The Kier molecular flexibility index (Phi) is 12.3. The molecular weight excluding hydrogens is 678 g/mol. The van der Waals surface area contributed by atoms with Crippen LogP contribution < -0.4 is 15.5 Å². The zero-order valence-corrected chi connectivity index (χ0v) is 29.8. The molecule has 2 amide bonds. The van der Waals surface area contributed by atoms with Gasteiger partial charge in [0.05, 0.1) is 30.8 Å². The summed E-state index contributed by atoms with van der Waals surface area (Å²) in [5.41, 5.74) is 4.90. The predicted octanol–water partition coefficient (Wildman–Crippen LogP) is 5.61. The van der Waals surface area contributed by atoms with Crippen molar-refractivity contribution in [3.05, 3.63) is 135 Å². The molecule has 2 aliphatic rings. The second-order valence-electron chi connectivity index (χ2n) is 13.4. The predicted molar refractivity (Wildman–Crippen MR) is 199 cm³/mol. The number of rotatable bonds is 12. The van der Waals surface area contributed by atoms with E-state index in [-0.39, 0.29) is 36.8 Å². The van der Waals surface area contributed by atoms with E-state index in [0.717, 1.165) is 48.6 Å². The molecule has 5 unspecified atom stereocenters. The first-order chi connectivity index (χ1) is 25.7. The Bertz CT molecular complexity index is 1830. The molecule has 0 radical (unpaired) electrons. The molecule has 278 valence electrons. The van der Waals surface area contributed by atoms with Gasteiger partial charge < -0.3 is 34.9 Å². The largest absolute Gasteiger partial charge is 0.467 e. The quantitative estimate of drug-likeness (QED) is 0.0955. The number of carbonyl (C=O) groups is 2. The van der Waals surface area contributed by atoms with Gasteiger partial charge in [0.25, 0.3) is 5.69 Å². The minimum absolute atomic E-state index is 0.0223. The fourth-order valence-electron chi connectivity index (χ4n) is 6.83. The van der Waals surface area contributed by atoms with Crippen molar-refractivity contribution < 1.29 is 33.8 Å². The van der Waals surface area contributed by atoms with Crippen LogP contribution in [0.1, 0.15) is 41.6 Å². The monoisotopic (exact) mass is 723 g/mol. The number of esters is 1. The number of aliphatic hydroxyl groups is 1. The highest BCUT2D eigenvalue weighted by molar-refractivity contribution is 5.92. The third-order valence-corrected chi connectivity index (χ3v) is 9.85. The third kappa shape index (κ3) is 9.56. The van der Waals surface area contributed by atoms with Gasteiger partial charge in [-0.05, 0) is 41.0 Å². The Morgan fingerprint density at radius 1 is 0.906 bits per heavy atom. The molecule has 53 heavy (non-hydrogen) atoms. The lowest BCUT2D eigenvalue weighted by Gasteiger charge is -2.44. The zero-order valence-electron chi connectivity index (χ0n) is 29.8. The van der Waals surface area contributed by atoms with Crippen LogP contribution in [0, 0.1) is 16.0 Å². The van der Waals surface area contributed by atoms with E-state index in [4.69, 9.17) is 14.2 Å². The molecule has 13 heteroatoms. The molecule has 2 fully saturated rings. The van der Waals surface area contributed by atoms with Crippen LogP contribution in [0.15, 0.2) is 103 Å². The van der Waals surface area contributed by atoms with Crippen LogP contribution in [0.4, 0.5) is 21.9 Å². The van der Waals surface area contributed by atoms with E-state index >= 15 is 0 Å². The highest BCUT2D eigenvalue weighted by Gasteiger charge is 2.39. The number of non-ortho nitro benzene ring substituents is 1. The fraction of sp³-hybridized carbons (Fsp3) is 0.350. The maximum atomic E-state index is 13.1. The van der Waals surface area contributed by atoms with Crippen LogP contribution in [0.25, 0.3) is 0 Å². The number of carbonyl (C=O) groups excluding carboxylic acids is 2. The second kappa shape index (κ2) is 17.5. The Labute approximate surface area is 308 Å².